The number of thioether (sulfide) groups is 1. The molecule has 2 heterocycles. The van der Waals surface area contributed by atoms with Crippen LogP contribution in [-0.2, 0) is 14.3 Å². The van der Waals surface area contributed by atoms with Gasteiger partial charge in [0.25, 0.3) is 0 Å². The molecule has 7 heteroatoms. The summed E-state index contributed by atoms with van der Waals surface area (Å²) in [5.74, 6) is -1.97. The van der Waals surface area contributed by atoms with Crippen LogP contribution in [0.3, 0.4) is 0 Å². The van der Waals surface area contributed by atoms with Crippen LogP contribution < -0.4 is 0 Å². The molecule has 2 aliphatic rings. The zero-order chi connectivity index (χ0) is 15.9. The molecule has 1 N–H and O–H groups in total. The average Bonchev–Trinajstić information content (AvgIpc) is 2.46. The second-order valence-corrected chi connectivity index (χ2v) is 6.74. The molecule has 1 fully saturated rings. The molecule has 0 saturated carbocycles. The molecule has 2 aliphatic heterocycles. The van der Waals surface area contributed by atoms with Gasteiger partial charge in [-0.25, -0.2) is 9.59 Å². The van der Waals surface area contributed by atoms with Crippen LogP contribution in [0.4, 0.5) is 0 Å². The van der Waals surface area contributed by atoms with E-state index in [1.807, 2.05) is 0 Å². The molecule has 0 bridgehead atoms. The monoisotopic (exact) mass is 319 g/mol. The Bertz CT molecular complexity index is 686. The standard InChI is InChI=1S/C15H13NO5S/c1-15(21-14(20)9-5-3-2-4-6-9)8-10(13(18)19)16-11(17)7-12(16)22-15/h2-6,8,12H,7H2,1H3,(H,18,19)/t12-,15?/m1/s1. The summed E-state index contributed by atoms with van der Waals surface area (Å²) in [7, 11) is 0. The Morgan fingerprint density at radius 1 is 1.36 bits per heavy atom. The second-order valence-electron chi connectivity index (χ2n) is 5.15. The van der Waals surface area contributed by atoms with Crippen molar-refractivity contribution in [2.24, 2.45) is 0 Å². The maximum atomic E-state index is 12.2. The summed E-state index contributed by atoms with van der Waals surface area (Å²) >= 11 is 1.25. The van der Waals surface area contributed by atoms with Crippen LogP contribution in [-0.4, -0.2) is 38.2 Å². The van der Waals surface area contributed by atoms with Gasteiger partial charge in [0.1, 0.15) is 5.70 Å². The van der Waals surface area contributed by atoms with Crippen molar-refractivity contribution in [3.05, 3.63) is 47.7 Å². The summed E-state index contributed by atoms with van der Waals surface area (Å²) in [5, 5.41) is 8.94. The SMILES string of the molecule is CC1(OC(=O)c2ccccc2)C=C(C(=O)O)N2C(=O)C[C@H]2S1. The van der Waals surface area contributed by atoms with Crippen molar-refractivity contribution in [3.63, 3.8) is 0 Å². The molecule has 3 rings (SSSR count). The highest BCUT2D eigenvalue weighted by Gasteiger charge is 2.50. The van der Waals surface area contributed by atoms with Gasteiger partial charge in [-0.05, 0) is 19.1 Å². The third-order valence-electron chi connectivity index (χ3n) is 3.46. The molecule has 6 nitrogen and oxygen atoms in total. The zero-order valence-corrected chi connectivity index (χ0v) is 12.5. The number of carboxylic acid groups (broad SMARTS) is 1. The third kappa shape index (κ3) is 2.48. The van der Waals surface area contributed by atoms with E-state index in [9.17, 15) is 19.5 Å². The normalized spacial score (nSPS) is 26.6. The Kier molecular flexibility index (Phi) is 3.44. The zero-order valence-electron chi connectivity index (χ0n) is 11.7. The molecular formula is C15H13NO5S. The minimum Gasteiger partial charge on any atom is -0.477 e. The number of hydrogen-bond acceptors (Lipinski definition) is 5. The molecule has 22 heavy (non-hydrogen) atoms. The van der Waals surface area contributed by atoms with Crippen molar-refractivity contribution in [2.75, 3.05) is 0 Å². The highest BCUT2D eigenvalue weighted by atomic mass is 32.2. The number of hydrogen-bond donors (Lipinski definition) is 1. The molecule has 0 aromatic heterocycles. The summed E-state index contributed by atoms with van der Waals surface area (Å²) in [5.41, 5.74) is 0.255. The third-order valence-corrected chi connectivity index (χ3v) is 4.78. The van der Waals surface area contributed by atoms with Gasteiger partial charge < -0.3 is 9.84 Å². The lowest BCUT2D eigenvalue weighted by Gasteiger charge is -2.47. The number of carbonyl (C=O) groups excluding carboxylic acids is 2. The Labute approximate surface area is 130 Å². The highest BCUT2D eigenvalue weighted by Crippen LogP contribution is 2.46. The van der Waals surface area contributed by atoms with Crippen LogP contribution in [0.15, 0.2) is 42.1 Å². The van der Waals surface area contributed by atoms with Crippen LogP contribution in [0.25, 0.3) is 0 Å². The molecule has 0 aliphatic carbocycles. The van der Waals surface area contributed by atoms with Gasteiger partial charge >= 0.3 is 11.9 Å². The van der Waals surface area contributed by atoms with Crippen LogP contribution >= 0.6 is 11.8 Å². The van der Waals surface area contributed by atoms with E-state index < -0.39 is 16.9 Å². The molecule has 0 spiro atoms. The maximum absolute atomic E-state index is 12.2. The van der Waals surface area contributed by atoms with E-state index in [4.69, 9.17) is 4.74 Å². The van der Waals surface area contributed by atoms with E-state index in [2.05, 4.69) is 0 Å². The molecule has 1 unspecified atom stereocenters. The summed E-state index contributed by atoms with van der Waals surface area (Å²) in [6.07, 6.45) is 1.56. The number of aliphatic carboxylic acids is 1. The van der Waals surface area contributed by atoms with Crippen LogP contribution in [0, 0.1) is 0 Å². The first kappa shape index (κ1) is 14.6. The molecule has 1 aromatic carbocycles. The number of fused-ring (bicyclic) bond motifs is 1. The first-order chi connectivity index (χ1) is 10.4. The number of ether oxygens (including phenoxy) is 1. The number of β-lactam (4-membered cyclic amide) rings is 1. The number of rotatable bonds is 3. The Hall–Kier alpha value is -2.28. The fourth-order valence-electron chi connectivity index (χ4n) is 2.43. The van der Waals surface area contributed by atoms with Crippen LogP contribution in [0.1, 0.15) is 23.7 Å². The first-order valence-electron chi connectivity index (χ1n) is 6.64. The average molecular weight is 319 g/mol. The van der Waals surface area contributed by atoms with Gasteiger partial charge in [-0.2, -0.15) is 0 Å². The lowest BCUT2D eigenvalue weighted by Crippen LogP contribution is -2.56. The fourth-order valence-corrected chi connectivity index (χ4v) is 3.83. The lowest BCUT2D eigenvalue weighted by atomic mass is 10.1. The maximum Gasteiger partial charge on any atom is 0.352 e. The Morgan fingerprint density at radius 2 is 2.05 bits per heavy atom. The Morgan fingerprint density at radius 3 is 2.64 bits per heavy atom. The van der Waals surface area contributed by atoms with E-state index in [1.54, 1.807) is 37.3 Å². The summed E-state index contributed by atoms with van der Waals surface area (Å²) < 4.78 is 5.48. The number of amides is 1. The van der Waals surface area contributed by atoms with Crippen molar-refractivity contribution in [3.8, 4) is 0 Å². The van der Waals surface area contributed by atoms with Gasteiger partial charge in [0.2, 0.25) is 5.91 Å². The van der Waals surface area contributed by atoms with Crippen molar-refractivity contribution < 1.29 is 24.2 Å². The molecule has 1 amide bonds. The van der Waals surface area contributed by atoms with Gasteiger partial charge in [-0.15, -0.1) is 0 Å². The fraction of sp³-hybridized carbons (Fsp3) is 0.267. The first-order valence-corrected chi connectivity index (χ1v) is 7.52. The summed E-state index contributed by atoms with van der Waals surface area (Å²) in [6, 6.07) is 8.48. The smallest absolute Gasteiger partial charge is 0.352 e. The predicted octanol–water partition coefficient (Wildman–Crippen LogP) is 1.83. The van der Waals surface area contributed by atoms with Gasteiger partial charge in [0.15, 0.2) is 4.93 Å². The number of carbonyl (C=O) groups is 3. The summed E-state index contributed by atoms with van der Waals surface area (Å²) in [6.45, 7) is 1.63. The molecular weight excluding hydrogens is 306 g/mol. The lowest BCUT2D eigenvalue weighted by molar-refractivity contribution is -0.146. The van der Waals surface area contributed by atoms with Crippen LogP contribution in [0.2, 0.25) is 0 Å². The molecule has 0 radical (unpaired) electrons. The Balaban J connectivity index is 1.86. The van der Waals surface area contributed by atoms with Gasteiger partial charge in [-0.1, -0.05) is 30.0 Å². The van der Waals surface area contributed by atoms with Gasteiger partial charge in [-0.3, -0.25) is 9.69 Å². The van der Waals surface area contributed by atoms with Gasteiger partial charge in [0, 0.05) is 6.08 Å². The van der Waals surface area contributed by atoms with E-state index in [0.29, 0.717) is 5.56 Å². The number of nitrogens with zero attached hydrogens (tertiary/aromatic N) is 1. The van der Waals surface area contributed by atoms with Gasteiger partial charge in [0.05, 0.1) is 17.4 Å². The highest BCUT2D eigenvalue weighted by molar-refractivity contribution is 8.01. The predicted molar refractivity (Wildman–Crippen MR) is 78.8 cm³/mol. The molecule has 2 atom stereocenters. The van der Waals surface area contributed by atoms with E-state index in [-0.39, 0.29) is 23.4 Å². The minimum atomic E-state index is -1.21. The quantitative estimate of drug-likeness (QED) is 0.676. The largest absolute Gasteiger partial charge is 0.477 e. The second kappa shape index (κ2) is 5.17. The summed E-state index contributed by atoms with van der Waals surface area (Å²) in [4.78, 5) is 35.1. The molecule has 1 aromatic rings. The minimum absolute atomic E-state index is 0.136. The van der Waals surface area contributed by atoms with Crippen LogP contribution in [0.5, 0.6) is 0 Å². The van der Waals surface area contributed by atoms with E-state index in [0.717, 1.165) is 0 Å². The number of esters is 1. The number of carboxylic acids is 1. The van der Waals surface area contributed by atoms with E-state index >= 15 is 0 Å². The van der Waals surface area contributed by atoms with Crippen molar-refractivity contribution >= 4 is 29.6 Å². The topological polar surface area (TPSA) is 83.9 Å². The van der Waals surface area contributed by atoms with Crippen molar-refractivity contribution in [2.45, 2.75) is 23.7 Å². The van der Waals surface area contributed by atoms with Crippen molar-refractivity contribution in [1.29, 1.82) is 0 Å². The molecule has 114 valence electrons. The van der Waals surface area contributed by atoms with Crippen molar-refractivity contribution in [1.82, 2.24) is 4.90 Å². The molecule has 1 saturated heterocycles. The number of benzene rings is 1. The van der Waals surface area contributed by atoms with E-state index in [1.165, 1.54) is 22.7 Å².